The number of benzene rings is 1. The maximum absolute atomic E-state index is 12.6. The standard InChI is InChI=1S/C19H24N4O2S/c1-13-21-14-6-3-4-7-15(14)22(13)11-5-10-20-18(25)16-12-26-19(2)9-8-17(24)23(16)19/h3-4,6-7,16H,5,8-12H2,1-2H3,(H,20,25)/t16-,19+/m1/s1. The van der Waals surface area contributed by atoms with E-state index in [1.807, 2.05) is 25.1 Å². The van der Waals surface area contributed by atoms with Gasteiger partial charge in [0.2, 0.25) is 11.8 Å². The SMILES string of the molecule is Cc1nc2ccccc2n1CCCNC(=O)[C@H]1CS[C@@]2(C)CCC(=O)N12. The highest BCUT2D eigenvalue weighted by molar-refractivity contribution is 8.01. The number of rotatable bonds is 5. The molecule has 1 aromatic carbocycles. The fraction of sp³-hybridized carbons (Fsp3) is 0.526. The molecule has 0 saturated carbocycles. The molecule has 4 rings (SSSR count). The number of hydrogen-bond donors (Lipinski definition) is 1. The molecule has 2 aliphatic heterocycles. The molecule has 3 heterocycles. The zero-order valence-electron chi connectivity index (χ0n) is 15.2. The molecule has 138 valence electrons. The molecule has 2 aromatic rings. The summed E-state index contributed by atoms with van der Waals surface area (Å²) in [5, 5.41) is 3.03. The first-order valence-corrected chi connectivity index (χ1v) is 10.1. The summed E-state index contributed by atoms with van der Waals surface area (Å²) in [7, 11) is 0. The number of thioether (sulfide) groups is 1. The van der Waals surface area contributed by atoms with E-state index in [-0.39, 0.29) is 22.7 Å². The lowest BCUT2D eigenvalue weighted by Crippen LogP contribution is -2.50. The van der Waals surface area contributed by atoms with E-state index in [1.54, 1.807) is 16.7 Å². The van der Waals surface area contributed by atoms with Gasteiger partial charge in [0.15, 0.2) is 0 Å². The molecule has 1 N–H and O–H groups in total. The molecular weight excluding hydrogens is 348 g/mol. The third-order valence-corrected chi connectivity index (χ3v) is 6.96. The number of carbonyl (C=O) groups excluding carboxylic acids is 2. The van der Waals surface area contributed by atoms with Crippen molar-refractivity contribution in [2.24, 2.45) is 0 Å². The maximum atomic E-state index is 12.6. The highest BCUT2D eigenvalue weighted by Crippen LogP contribution is 2.47. The van der Waals surface area contributed by atoms with Gasteiger partial charge in [0.25, 0.3) is 0 Å². The van der Waals surface area contributed by atoms with Gasteiger partial charge in [0.1, 0.15) is 11.9 Å². The smallest absolute Gasteiger partial charge is 0.243 e. The van der Waals surface area contributed by atoms with Crippen LogP contribution >= 0.6 is 11.8 Å². The quantitative estimate of drug-likeness (QED) is 0.818. The van der Waals surface area contributed by atoms with E-state index in [1.165, 1.54) is 0 Å². The Kier molecular flexibility index (Phi) is 4.42. The molecule has 26 heavy (non-hydrogen) atoms. The van der Waals surface area contributed by atoms with Crippen LogP contribution in [0.5, 0.6) is 0 Å². The highest BCUT2D eigenvalue weighted by atomic mass is 32.2. The summed E-state index contributed by atoms with van der Waals surface area (Å²) in [6.45, 7) is 5.49. The molecule has 2 aliphatic rings. The number of para-hydroxylation sites is 2. The number of fused-ring (bicyclic) bond motifs is 2. The van der Waals surface area contributed by atoms with E-state index in [2.05, 4.69) is 27.9 Å². The monoisotopic (exact) mass is 372 g/mol. The molecule has 0 radical (unpaired) electrons. The summed E-state index contributed by atoms with van der Waals surface area (Å²) in [6.07, 6.45) is 2.23. The lowest BCUT2D eigenvalue weighted by Gasteiger charge is -2.29. The lowest BCUT2D eigenvalue weighted by atomic mass is 10.2. The number of carbonyl (C=O) groups is 2. The number of amides is 2. The largest absolute Gasteiger partial charge is 0.354 e. The van der Waals surface area contributed by atoms with Gasteiger partial charge >= 0.3 is 0 Å². The Labute approximate surface area is 157 Å². The number of nitrogens with one attached hydrogen (secondary N) is 1. The normalized spacial score (nSPS) is 25.1. The first-order valence-electron chi connectivity index (χ1n) is 9.15. The zero-order chi connectivity index (χ0) is 18.3. The first kappa shape index (κ1) is 17.4. The molecule has 0 unspecified atom stereocenters. The van der Waals surface area contributed by atoms with Gasteiger partial charge in [0, 0.05) is 25.3 Å². The average molecular weight is 372 g/mol. The third kappa shape index (κ3) is 2.88. The fourth-order valence-corrected chi connectivity index (χ4v) is 5.49. The Morgan fingerprint density at radius 2 is 2.23 bits per heavy atom. The van der Waals surface area contributed by atoms with Crippen LogP contribution in [0.25, 0.3) is 11.0 Å². The molecule has 2 saturated heterocycles. The molecule has 0 spiro atoms. The summed E-state index contributed by atoms with van der Waals surface area (Å²) < 4.78 is 2.19. The molecule has 2 amide bonds. The third-order valence-electron chi connectivity index (χ3n) is 5.45. The van der Waals surface area contributed by atoms with E-state index in [9.17, 15) is 9.59 Å². The van der Waals surface area contributed by atoms with Gasteiger partial charge in [-0.3, -0.25) is 9.59 Å². The number of aromatic nitrogens is 2. The Bertz CT molecular complexity index is 864. The Morgan fingerprint density at radius 3 is 3.08 bits per heavy atom. The van der Waals surface area contributed by atoms with Crippen LogP contribution in [0.4, 0.5) is 0 Å². The van der Waals surface area contributed by atoms with Gasteiger partial charge in [-0.05, 0) is 38.8 Å². The molecule has 2 fully saturated rings. The van der Waals surface area contributed by atoms with Crippen molar-refractivity contribution in [1.29, 1.82) is 0 Å². The van der Waals surface area contributed by atoms with Gasteiger partial charge < -0.3 is 14.8 Å². The van der Waals surface area contributed by atoms with E-state index < -0.39 is 0 Å². The predicted octanol–water partition coefficient (Wildman–Crippen LogP) is 2.31. The number of imidazole rings is 1. The van der Waals surface area contributed by atoms with Crippen molar-refractivity contribution in [3.8, 4) is 0 Å². The number of nitrogens with zero attached hydrogens (tertiary/aromatic N) is 3. The van der Waals surface area contributed by atoms with E-state index in [0.29, 0.717) is 18.7 Å². The molecule has 2 atom stereocenters. The van der Waals surface area contributed by atoms with Gasteiger partial charge in [-0.2, -0.15) is 0 Å². The van der Waals surface area contributed by atoms with Gasteiger partial charge in [-0.25, -0.2) is 4.98 Å². The Morgan fingerprint density at radius 1 is 1.42 bits per heavy atom. The topological polar surface area (TPSA) is 67.2 Å². The minimum atomic E-state index is -0.323. The molecule has 7 heteroatoms. The molecule has 0 aliphatic carbocycles. The van der Waals surface area contributed by atoms with Crippen LogP contribution in [0, 0.1) is 6.92 Å². The predicted molar refractivity (Wildman–Crippen MR) is 103 cm³/mol. The summed E-state index contributed by atoms with van der Waals surface area (Å²) in [4.78, 5) is 30.9. The summed E-state index contributed by atoms with van der Waals surface area (Å²) >= 11 is 1.73. The second kappa shape index (κ2) is 6.61. The minimum absolute atomic E-state index is 0.0244. The van der Waals surface area contributed by atoms with Gasteiger partial charge in [-0.1, -0.05) is 12.1 Å². The zero-order valence-corrected chi connectivity index (χ0v) is 16.0. The van der Waals surface area contributed by atoms with Crippen LogP contribution in [0.3, 0.4) is 0 Å². The van der Waals surface area contributed by atoms with Crippen molar-refractivity contribution in [1.82, 2.24) is 19.8 Å². The highest BCUT2D eigenvalue weighted by Gasteiger charge is 2.52. The summed E-state index contributed by atoms with van der Waals surface area (Å²) in [5.41, 5.74) is 2.13. The van der Waals surface area contributed by atoms with Crippen molar-refractivity contribution in [2.45, 2.75) is 50.6 Å². The van der Waals surface area contributed by atoms with Crippen LogP contribution in [-0.4, -0.2) is 49.5 Å². The maximum Gasteiger partial charge on any atom is 0.243 e. The minimum Gasteiger partial charge on any atom is -0.354 e. The Balaban J connectivity index is 1.33. The summed E-state index contributed by atoms with van der Waals surface area (Å²) in [5.74, 6) is 1.77. The van der Waals surface area contributed by atoms with Crippen LogP contribution in [0.2, 0.25) is 0 Å². The van der Waals surface area contributed by atoms with E-state index in [0.717, 1.165) is 36.2 Å². The van der Waals surface area contributed by atoms with Gasteiger partial charge in [-0.15, -0.1) is 11.8 Å². The van der Waals surface area contributed by atoms with Crippen LogP contribution in [-0.2, 0) is 16.1 Å². The summed E-state index contributed by atoms with van der Waals surface area (Å²) in [6, 6.07) is 7.78. The van der Waals surface area contributed by atoms with Crippen molar-refractivity contribution in [2.75, 3.05) is 12.3 Å². The number of aryl methyl sites for hydroxylation is 2. The first-order chi connectivity index (χ1) is 12.5. The van der Waals surface area contributed by atoms with Crippen LogP contribution < -0.4 is 5.32 Å². The van der Waals surface area contributed by atoms with Crippen LogP contribution in [0.1, 0.15) is 32.0 Å². The fourth-order valence-electron chi connectivity index (χ4n) is 4.06. The second-order valence-electron chi connectivity index (χ2n) is 7.21. The van der Waals surface area contributed by atoms with E-state index in [4.69, 9.17) is 0 Å². The van der Waals surface area contributed by atoms with Crippen molar-refractivity contribution in [3.05, 3.63) is 30.1 Å². The Hall–Kier alpha value is -2.02. The molecule has 1 aromatic heterocycles. The van der Waals surface area contributed by atoms with Gasteiger partial charge in [0.05, 0.1) is 15.9 Å². The van der Waals surface area contributed by atoms with E-state index >= 15 is 0 Å². The van der Waals surface area contributed by atoms with Crippen molar-refractivity contribution in [3.63, 3.8) is 0 Å². The second-order valence-corrected chi connectivity index (χ2v) is 8.71. The van der Waals surface area contributed by atoms with Crippen LogP contribution in [0.15, 0.2) is 24.3 Å². The van der Waals surface area contributed by atoms with Crippen molar-refractivity contribution >= 4 is 34.6 Å². The molecular formula is C19H24N4O2S. The lowest BCUT2D eigenvalue weighted by molar-refractivity contribution is -0.137. The molecule has 6 nitrogen and oxygen atoms in total. The number of hydrogen-bond acceptors (Lipinski definition) is 4. The average Bonchev–Trinajstić information content (AvgIpc) is 3.23. The van der Waals surface area contributed by atoms with Crippen molar-refractivity contribution < 1.29 is 9.59 Å². The molecule has 0 bridgehead atoms.